The van der Waals surface area contributed by atoms with Crippen molar-refractivity contribution in [3.05, 3.63) is 59.1 Å². The monoisotopic (exact) mass is 508 g/mol. The number of anilines is 2. The molecule has 3 amide bonds. The number of benzene rings is 2. The van der Waals surface area contributed by atoms with Crippen LogP contribution in [0, 0.1) is 11.8 Å². The van der Waals surface area contributed by atoms with E-state index in [4.69, 9.17) is 39.5 Å². The Morgan fingerprint density at radius 1 is 0.909 bits per heavy atom. The standard InChI is InChI=1S/C23H19Cl3N2O5/c24-13-3-5-14(6-4-13)27-20(29)11-33-23(32)12-1-7-15(8-2-12)28-21(30)16-9-18(25)19(26)10-17(16)22(28)31/h1-8,16-19H,9-11H2,(H,27,29)/t16-,17+,18-,19-/m0/s1. The number of imide groups is 1. The SMILES string of the molecule is O=C(COC(=O)c1ccc(N2C(=O)[C@H]3C[C@H](Cl)[C@@H](Cl)C[C@H]3C2=O)cc1)Nc1ccc(Cl)cc1. The first kappa shape index (κ1) is 23.5. The molecule has 0 aromatic heterocycles. The lowest BCUT2D eigenvalue weighted by Crippen LogP contribution is -2.34. The minimum atomic E-state index is -0.712. The molecule has 1 aliphatic carbocycles. The largest absolute Gasteiger partial charge is 0.452 e. The van der Waals surface area contributed by atoms with Crippen molar-refractivity contribution in [2.75, 3.05) is 16.8 Å². The van der Waals surface area contributed by atoms with Gasteiger partial charge < -0.3 is 10.1 Å². The van der Waals surface area contributed by atoms with Crippen molar-refractivity contribution in [3.8, 4) is 0 Å². The quantitative estimate of drug-likeness (QED) is 0.370. The van der Waals surface area contributed by atoms with Crippen LogP contribution in [0.2, 0.25) is 5.02 Å². The second-order valence-electron chi connectivity index (χ2n) is 7.91. The molecule has 10 heteroatoms. The number of alkyl halides is 2. The van der Waals surface area contributed by atoms with Crippen molar-refractivity contribution >= 4 is 69.9 Å². The van der Waals surface area contributed by atoms with Crippen LogP contribution in [-0.4, -0.2) is 41.1 Å². The maximum absolute atomic E-state index is 12.8. The molecular formula is C23H19Cl3N2O5. The van der Waals surface area contributed by atoms with E-state index in [-0.39, 0.29) is 28.1 Å². The molecule has 4 atom stereocenters. The summed E-state index contributed by atoms with van der Waals surface area (Å²) in [4.78, 5) is 51.1. The number of hydrogen-bond acceptors (Lipinski definition) is 5. The summed E-state index contributed by atoms with van der Waals surface area (Å²) in [5, 5.41) is 2.40. The molecule has 2 aliphatic rings. The summed E-state index contributed by atoms with van der Waals surface area (Å²) in [5.74, 6) is -2.82. The summed E-state index contributed by atoms with van der Waals surface area (Å²) >= 11 is 18.2. The lowest BCUT2D eigenvalue weighted by atomic mass is 9.80. The van der Waals surface area contributed by atoms with Crippen LogP contribution in [-0.2, 0) is 19.1 Å². The van der Waals surface area contributed by atoms with Crippen LogP contribution in [0.25, 0.3) is 0 Å². The number of carbonyl (C=O) groups excluding carboxylic acids is 4. The smallest absolute Gasteiger partial charge is 0.338 e. The van der Waals surface area contributed by atoms with Crippen LogP contribution < -0.4 is 10.2 Å². The summed E-state index contributed by atoms with van der Waals surface area (Å²) in [6.45, 7) is -0.477. The fourth-order valence-corrected chi connectivity index (χ4v) is 4.76. The van der Waals surface area contributed by atoms with E-state index in [1.807, 2.05) is 0 Å². The minimum Gasteiger partial charge on any atom is -0.452 e. The number of hydrogen-bond donors (Lipinski definition) is 1. The van der Waals surface area contributed by atoms with Gasteiger partial charge in [0.1, 0.15) is 0 Å². The summed E-state index contributed by atoms with van der Waals surface area (Å²) in [7, 11) is 0. The first-order valence-corrected chi connectivity index (χ1v) is 11.5. The van der Waals surface area contributed by atoms with E-state index < -0.39 is 30.3 Å². The Balaban J connectivity index is 1.36. The molecule has 1 aliphatic heterocycles. The lowest BCUT2D eigenvalue weighted by Gasteiger charge is -2.28. The molecule has 1 saturated carbocycles. The number of amides is 3. The number of ether oxygens (including phenoxy) is 1. The van der Waals surface area contributed by atoms with Gasteiger partial charge in [-0.3, -0.25) is 19.3 Å². The average molecular weight is 510 g/mol. The Bertz CT molecular complexity index is 1060. The van der Waals surface area contributed by atoms with Crippen molar-refractivity contribution in [3.63, 3.8) is 0 Å². The molecule has 33 heavy (non-hydrogen) atoms. The van der Waals surface area contributed by atoms with Gasteiger partial charge in [-0.1, -0.05) is 11.6 Å². The van der Waals surface area contributed by atoms with Gasteiger partial charge in [-0.2, -0.15) is 0 Å². The Morgan fingerprint density at radius 2 is 1.45 bits per heavy atom. The minimum absolute atomic E-state index is 0.177. The molecule has 2 aromatic rings. The highest BCUT2D eigenvalue weighted by Crippen LogP contribution is 2.43. The van der Waals surface area contributed by atoms with E-state index >= 15 is 0 Å². The van der Waals surface area contributed by atoms with E-state index in [0.717, 1.165) is 4.90 Å². The van der Waals surface area contributed by atoms with Crippen molar-refractivity contribution in [2.24, 2.45) is 11.8 Å². The first-order valence-electron chi connectivity index (χ1n) is 10.2. The molecule has 2 fully saturated rings. The van der Waals surface area contributed by atoms with E-state index in [1.165, 1.54) is 24.3 Å². The molecule has 2 aromatic carbocycles. The summed E-state index contributed by atoms with van der Waals surface area (Å²) in [5.41, 5.74) is 1.05. The van der Waals surface area contributed by atoms with E-state index in [1.54, 1.807) is 24.3 Å². The Labute approximate surface area is 204 Å². The second-order valence-corrected chi connectivity index (χ2v) is 9.46. The number of nitrogens with zero attached hydrogens (tertiary/aromatic N) is 1. The number of halogens is 3. The zero-order valence-corrected chi connectivity index (χ0v) is 19.4. The number of rotatable bonds is 5. The van der Waals surface area contributed by atoms with Gasteiger partial charge in [-0.05, 0) is 61.4 Å². The van der Waals surface area contributed by atoms with E-state index in [0.29, 0.717) is 29.2 Å². The highest BCUT2D eigenvalue weighted by atomic mass is 35.5. The van der Waals surface area contributed by atoms with E-state index in [9.17, 15) is 19.2 Å². The summed E-state index contributed by atoms with van der Waals surface area (Å²) in [6.07, 6.45) is 0.702. The molecule has 7 nitrogen and oxygen atoms in total. The van der Waals surface area contributed by atoms with Crippen LogP contribution in [0.1, 0.15) is 23.2 Å². The van der Waals surface area contributed by atoms with Gasteiger partial charge in [0.05, 0.1) is 33.8 Å². The fraction of sp³-hybridized carbons (Fsp3) is 0.304. The second kappa shape index (κ2) is 9.71. The maximum atomic E-state index is 12.8. The van der Waals surface area contributed by atoms with Crippen molar-refractivity contribution in [2.45, 2.75) is 23.6 Å². The Morgan fingerprint density at radius 3 is 2.00 bits per heavy atom. The highest BCUT2D eigenvalue weighted by Gasteiger charge is 2.52. The van der Waals surface area contributed by atoms with Gasteiger partial charge in [0.25, 0.3) is 5.91 Å². The lowest BCUT2D eigenvalue weighted by molar-refractivity contribution is -0.122. The molecule has 1 saturated heterocycles. The van der Waals surface area contributed by atoms with Crippen LogP contribution in [0.15, 0.2) is 48.5 Å². The summed E-state index contributed by atoms with van der Waals surface area (Å²) in [6, 6.07) is 12.4. The van der Waals surface area contributed by atoms with Gasteiger partial charge >= 0.3 is 5.97 Å². The summed E-state index contributed by atoms with van der Waals surface area (Å²) < 4.78 is 5.04. The molecular weight excluding hydrogens is 491 g/mol. The van der Waals surface area contributed by atoms with Gasteiger partial charge in [-0.15, -0.1) is 23.2 Å². The number of carbonyl (C=O) groups is 4. The molecule has 0 bridgehead atoms. The third kappa shape index (κ3) is 5.00. The Hall–Kier alpha value is -2.61. The van der Waals surface area contributed by atoms with Crippen LogP contribution in [0.3, 0.4) is 0 Å². The third-order valence-corrected chi connectivity index (χ3v) is 7.08. The maximum Gasteiger partial charge on any atom is 0.338 e. The van der Waals surface area contributed by atoms with Gasteiger partial charge in [-0.25, -0.2) is 4.79 Å². The molecule has 4 rings (SSSR count). The van der Waals surface area contributed by atoms with Gasteiger partial charge in [0, 0.05) is 10.7 Å². The van der Waals surface area contributed by atoms with Crippen LogP contribution in [0.4, 0.5) is 11.4 Å². The van der Waals surface area contributed by atoms with Gasteiger partial charge in [0.2, 0.25) is 11.8 Å². The molecule has 1 N–H and O–H groups in total. The predicted molar refractivity (Wildman–Crippen MR) is 125 cm³/mol. The van der Waals surface area contributed by atoms with Gasteiger partial charge in [0.15, 0.2) is 6.61 Å². The molecule has 0 unspecified atom stereocenters. The molecule has 0 spiro atoms. The average Bonchev–Trinajstić information content (AvgIpc) is 3.03. The fourth-order valence-electron chi connectivity index (χ4n) is 4.04. The zero-order valence-electron chi connectivity index (χ0n) is 17.2. The number of esters is 1. The predicted octanol–water partition coefficient (Wildman–Crippen LogP) is 4.25. The first-order chi connectivity index (χ1) is 15.7. The topological polar surface area (TPSA) is 92.8 Å². The number of nitrogens with one attached hydrogen (secondary N) is 1. The van der Waals surface area contributed by atoms with Crippen LogP contribution >= 0.6 is 34.8 Å². The Kier molecular flexibility index (Phi) is 6.93. The normalized spacial score (nSPS) is 24.4. The van der Waals surface area contributed by atoms with Crippen molar-refractivity contribution in [1.29, 1.82) is 0 Å². The van der Waals surface area contributed by atoms with Crippen molar-refractivity contribution in [1.82, 2.24) is 0 Å². The van der Waals surface area contributed by atoms with Crippen LogP contribution in [0.5, 0.6) is 0 Å². The zero-order chi connectivity index (χ0) is 23.7. The van der Waals surface area contributed by atoms with Crippen molar-refractivity contribution < 1.29 is 23.9 Å². The molecule has 1 heterocycles. The molecule has 172 valence electrons. The molecule has 0 radical (unpaired) electrons. The third-order valence-electron chi connectivity index (χ3n) is 5.74. The van der Waals surface area contributed by atoms with E-state index in [2.05, 4.69) is 5.32 Å². The number of fused-ring (bicyclic) bond motifs is 1. The highest BCUT2D eigenvalue weighted by molar-refractivity contribution is 6.31.